The van der Waals surface area contributed by atoms with E-state index in [4.69, 9.17) is 9.15 Å². The van der Waals surface area contributed by atoms with E-state index in [9.17, 15) is 9.90 Å². The highest BCUT2D eigenvalue weighted by Crippen LogP contribution is 2.35. The Labute approximate surface area is 204 Å². The Morgan fingerprint density at radius 3 is 2.71 bits per heavy atom. The fourth-order valence-corrected chi connectivity index (χ4v) is 4.62. The number of hydrogen-bond acceptors (Lipinski definition) is 6. The monoisotopic (exact) mass is 471 g/mol. The number of rotatable bonds is 7. The molecule has 1 saturated heterocycles. The molecule has 2 aromatic heterocycles. The number of nitrogens with one attached hydrogen (secondary N) is 1. The molecular formula is C28H29N3O4. The second kappa shape index (κ2) is 9.90. The number of furan rings is 1. The first-order chi connectivity index (χ1) is 17.0. The van der Waals surface area contributed by atoms with Crippen molar-refractivity contribution in [3.8, 4) is 5.75 Å². The van der Waals surface area contributed by atoms with Crippen molar-refractivity contribution in [3.05, 3.63) is 95.5 Å². The van der Waals surface area contributed by atoms with E-state index < -0.39 is 5.60 Å². The first-order valence-electron chi connectivity index (χ1n) is 11.8. The molecule has 7 nitrogen and oxygen atoms in total. The molecule has 2 N–H and O–H groups in total. The molecule has 7 heteroatoms. The Balaban J connectivity index is 1.23. The van der Waals surface area contributed by atoms with Crippen LogP contribution in [0.15, 0.2) is 77.5 Å². The van der Waals surface area contributed by atoms with E-state index in [2.05, 4.69) is 27.3 Å². The molecule has 0 spiro atoms. The summed E-state index contributed by atoms with van der Waals surface area (Å²) in [6.07, 6.45) is 4.69. The van der Waals surface area contributed by atoms with Crippen molar-refractivity contribution in [1.82, 2.24) is 15.2 Å². The highest BCUT2D eigenvalue weighted by atomic mass is 16.5. The number of benzene rings is 2. The van der Waals surface area contributed by atoms with E-state index >= 15 is 0 Å². The molecule has 1 aliphatic rings. The molecule has 3 heterocycles. The van der Waals surface area contributed by atoms with Gasteiger partial charge in [-0.2, -0.15) is 0 Å². The lowest BCUT2D eigenvalue weighted by molar-refractivity contribution is -0.0276. The number of fused-ring (bicyclic) bond motifs is 1. The van der Waals surface area contributed by atoms with Crippen LogP contribution < -0.4 is 10.1 Å². The maximum absolute atomic E-state index is 12.6. The molecule has 35 heavy (non-hydrogen) atoms. The molecule has 1 fully saturated rings. The Morgan fingerprint density at radius 1 is 1.11 bits per heavy atom. The number of pyridine rings is 1. The molecule has 0 aliphatic carbocycles. The van der Waals surface area contributed by atoms with Crippen LogP contribution in [0, 0.1) is 0 Å². The predicted octanol–water partition coefficient (Wildman–Crippen LogP) is 4.25. The summed E-state index contributed by atoms with van der Waals surface area (Å²) in [5.41, 5.74) is 2.69. The van der Waals surface area contributed by atoms with Crippen LogP contribution in [0.5, 0.6) is 5.75 Å². The zero-order valence-electron chi connectivity index (χ0n) is 19.7. The molecule has 0 bridgehead atoms. The molecule has 1 aliphatic heterocycles. The minimum absolute atomic E-state index is 0.251. The number of likely N-dealkylation sites (tertiary alicyclic amines) is 1. The number of piperidine rings is 1. The molecule has 1 amide bonds. The highest BCUT2D eigenvalue weighted by molar-refractivity contribution is 5.96. The summed E-state index contributed by atoms with van der Waals surface area (Å²) in [7, 11) is 1.68. The van der Waals surface area contributed by atoms with Crippen molar-refractivity contribution in [2.45, 2.75) is 31.5 Å². The highest BCUT2D eigenvalue weighted by Gasteiger charge is 2.34. The minimum atomic E-state index is -0.904. The average Bonchev–Trinajstić information content (AvgIpc) is 3.33. The number of ether oxygens (including phenoxy) is 1. The zero-order chi connectivity index (χ0) is 24.3. The number of nitrogens with zero attached hydrogens (tertiary/aromatic N) is 2. The number of carbonyl (C=O) groups excluding carboxylic acids is 1. The largest absolute Gasteiger partial charge is 0.497 e. The average molecular weight is 472 g/mol. The van der Waals surface area contributed by atoms with Gasteiger partial charge in [0.2, 0.25) is 0 Å². The van der Waals surface area contributed by atoms with Gasteiger partial charge in [-0.1, -0.05) is 24.3 Å². The summed E-state index contributed by atoms with van der Waals surface area (Å²) >= 11 is 0. The lowest BCUT2D eigenvalue weighted by Crippen LogP contribution is -2.42. The molecule has 4 aromatic rings. The Bertz CT molecular complexity index is 1310. The van der Waals surface area contributed by atoms with E-state index in [1.165, 1.54) is 5.56 Å². The van der Waals surface area contributed by atoms with Gasteiger partial charge in [-0.15, -0.1) is 0 Å². The first kappa shape index (κ1) is 23.1. The van der Waals surface area contributed by atoms with E-state index in [1.807, 2.05) is 42.5 Å². The van der Waals surface area contributed by atoms with Gasteiger partial charge in [0.15, 0.2) is 5.76 Å². The number of amides is 1. The van der Waals surface area contributed by atoms with Gasteiger partial charge < -0.3 is 19.6 Å². The van der Waals surface area contributed by atoms with Gasteiger partial charge in [0.05, 0.1) is 12.7 Å². The number of aliphatic hydroxyl groups is 1. The van der Waals surface area contributed by atoms with Gasteiger partial charge in [0.1, 0.15) is 11.3 Å². The maximum Gasteiger partial charge on any atom is 0.287 e. The van der Waals surface area contributed by atoms with E-state index in [-0.39, 0.29) is 11.7 Å². The van der Waals surface area contributed by atoms with Gasteiger partial charge in [-0.05, 0) is 65.9 Å². The third-order valence-electron chi connectivity index (χ3n) is 6.68. The van der Waals surface area contributed by atoms with Crippen molar-refractivity contribution >= 4 is 16.9 Å². The molecular weight excluding hydrogens is 442 g/mol. The Kier molecular flexibility index (Phi) is 6.53. The summed E-state index contributed by atoms with van der Waals surface area (Å²) in [5, 5.41) is 15.1. The summed E-state index contributed by atoms with van der Waals surface area (Å²) in [4.78, 5) is 19.0. The standard InChI is InChI=1S/C28H29N3O4/c1-34-24-6-2-4-20(14-24)19-31-12-9-28(33,10-13-31)23-7-8-25-22(15-23)16-26(35-25)27(32)30-18-21-5-3-11-29-17-21/h2-8,11,14-17,33H,9-10,12-13,18-19H2,1H3,(H,30,32). The van der Waals surface area contributed by atoms with Crippen molar-refractivity contribution < 1.29 is 19.1 Å². The van der Waals surface area contributed by atoms with Crippen molar-refractivity contribution in [3.63, 3.8) is 0 Å². The predicted molar refractivity (Wildman–Crippen MR) is 133 cm³/mol. The number of hydrogen-bond donors (Lipinski definition) is 2. The summed E-state index contributed by atoms with van der Waals surface area (Å²) in [6, 6.07) is 19.2. The van der Waals surface area contributed by atoms with E-state index in [0.717, 1.165) is 41.9 Å². The van der Waals surface area contributed by atoms with E-state index in [0.29, 0.717) is 25.0 Å². The fraction of sp³-hybridized carbons (Fsp3) is 0.286. The normalized spacial score (nSPS) is 15.7. The lowest BCUT2D eigenvalue weighted by atomic mass is 9.84. The van der Waals surface area contributed by atoms with Crippen LogP contribution in [0.4, 0.5) is 0 Å². The zero-order valence-corrected chi connectivity index (χ0v) is 19.7. The SMILES string of the molecule is COc1cccc(CN2CCC(O)(c3ccc4oc(C(=O)NCc5cccnc5)cc4c3)CC2)c1. The third kappa shape index (κ3) is 5.21. The number of aromatic nitrogens is 1. The molecule has 5 rings (SSSR count). The quantitative estimate of drug-likeness (QED) is 0.419. The minimum Gasteiger partial charge on any atom is -0.497 e. The van der Waals surface area contributed by atoms with Gasteiger partial charge in [-0.3, -0.25) is 14.7 Å². The van der Waals surface area contributed by atoms with Crippen LogP contribution in [0.2, 0.25) is 0 Å². The number of carbonyl (C=O) groups is 1. The molecule has 2 aromatic carbocycles. The molecule has 0 radical (unpaired) electrons. The van der Waals surface area contributed by atoms with Gasteiger partial charge in [0.25, 0.3) is 5.91 Å². The van der Waals surface area contributed by atoms with Gasteiger partial charge >= 0.3 is 0 Å². The summed E-state index contributed by atoms with van der Waals surface area (Å²) < 4.78 is 11.1. The van der Waals surface area contributed by atoms with Crippen LogP contribution in [0.3, 0.4) is 0 Å². The van der Waals surface area contributed by atoms with Gasteiger partial charge in [-0.25, -0.2) is 0 Å². The smallest absolute Gasteiger partial charge is 0.287 e. The molecule has 0 unspecified atom stereocenters. The molecule has 180 valence electrons. The fourth-order valence-electron chi connectivity index (χ4n) is 4.62. The Morgan fingerprint density at radius 2 is 1.94 bits per heavy atom. The van der Waals surface area contributed by atoms with Crippen LogP contribution in [0.25, 0.3) is 11.0 Å². The second-order valence-corrected chi connectivity index (χ2v) is 9.07. The van der Waals surface area contributed by atoms with Crippen molar-refractivity contribution in [1.29, 1.82) is 0 Å². The summed E-state index contributed by atoms with van der Waals surface area (Å²) in [6.45, 7) is 2.78. The van der Waals surface area contributed by atoms with Crippen molar-refractivity contribution in [2.24, 2.45) is 0 Å². The molecule has 0 saturated carbocycles. The van der Waals surface area contributed by atoms with Crippen LogP contribution in [0.1, 0.15) is 40.1 Å². The third-order valence-corrected chi connectivity index (χ3v) is 6.68. The van der Waals surface area contributed by atoms with Crippen LogP contribution in [-0.2, 0) is 18.7 Å². The molecule has 0 atom stereocenters. The topological polar surface area (TPSA) is 87.8 Å². The van der Waals surface area contributed by atoms with Crippen LogP contribution in [-0.4, -0.2) is 41.1 Å². The Hall–Kier alpha value is -3.68. The summed E-state index contributed by atoms with van der Waals surface area (Å²) in [5.74, 6) is 0.826. The number of methoxy groups -OCH3 is 1. The maximum atomic E-state index is 12.6. The van der Waals surface area contributed by atoms with Crippen LogP contribution >= 0.6 is 0 Å². The lowest BCUT2D eigenvalue weighted by Gasteiger charge is -2.38. The first-order valence-corrected chi connectivity index (χ1v) is 11.8. The van der Waals surface area contributed by atoms with Gasteiger partial charge in [0, 0.05) is 44.0 Å². The van der Waals surface area contributed by atoms with Crippen molar-refractivity contribution in [2.75, 3.05) is 20.2 Å². The van der Waals surface area contributed by atoms with E-state index in [1.54, 1.807) is 25.6 Å². The second-order valence-electron chi connectivity index (χ2n) is 9.07.